The standard InChI is InChI=1S/C9H13F6N/c1-7(9(13,14)15)2-4-16(5-3-7)6-8(10,11)12/h2-6H2,1H3. The Morgan fingerprint density at radius 1 is 1.00 bits per heavy atom. The maximum atomic E-state index is 12.5. The van der Waals surface area contributed by atoms with E-state index in [4.69, 9.17) is 0 Å². The molecule has 7 heteroatoms. The first kappa shape index (κ1) is 13.6. The van der Waals surface area contributed by atoms with Crippen molar-refractivity contribution in [2.24, 2.45) is 5.41 Å². The van der Waals surface area contributed by atoms with Gasteiger partial charge in [0.05, 0.1) is 12.0 Å². The van der Waals surface area contributed by atoms with Crippen molar-refractivity contribution in [3.05, 3.63) is 0 Å². The molecule has 0 amide bonds. The van der Waals surface area contributed by atoms with Crippen LogP contribution in [0.3, 0.4) is 0 Å². The molecule has 1 saturated heterocycles. The van der Waals surface area contributed by atoms with Crippen molar-refractivity contribution in [1.29, 1.82) is 0 Å². The molecule has 0 atom stereocenters. The summed E-state index contributed by atoms with van der Waals surface area (Å²) in [6.07, 6.45) is -9.22. The fourth-order valence-corrected chi connectivity index (χ4v) is 1.74. The predicted molar refractivity (Wildman–Crippen MR) is 45.9 cm³/mol. The van der Waals surface area contributed by atoms with Gasteiger partial charge in [-0.15, -0.1) is 0 Å². The maximum absolute atomic E-state index is 12.5. The first-order valence-electron chi connectivity index (χ1n) is 4.89. The molecule has 0 saturated carbocycles. The maximum Gasteiger partial charge on any atom is 0.401 e. The van der Waals surface area contributed by atoms with Crippen LogP contribution in [-0.4, -0.2) is 36.9 Å². The van der Waals surface area contributed by atoms with Gasteiger partial charge in [-0.25, -0.2) is 0 Å². The minimum absolute atomic E-state index is 0.157. The van der Waals surface area contributed by atoms with Gasteiger partial charge in [0, 0.05) is 0 Å². The van der Waals surface area contributed by atoms with Crippen LogP contribution in [0, 0.1) is 5.41 Å². The third-order valence-corrected chi connectivity index (χ3v) is 3.05. The van der Waals surface area contributed by atoms with E-state index in [0.29, 0.717) is 0 Å². The van der Waals surface area contributed by atoms with Gasteiger partial charge in [-0.3, -0.25) is 4.90 Å². The van der Waals surface area contributed by atoms with Gasteiger partial charge in [-0.2, -0.15) is 26.3 Å². The largest absolute Gasteiger partial charge is 0.401 e. The van der Waals surface area contributed by atoms with Gasteiger partial charge in [0.1, 0.15) is 0 Å². The van der Waals surface area contributed by atoms with Crippen LogP contribution in [0.25, 0.3) is 0 Å². The molecule has 0 aliphatic carbocycles. The Morgan fingerprint density at radius 3 is 1.75 bits per heavy atom. The van der Waals surface area contributed by atoms with Crippen molar-refractivity contribution in [3.8, 4) is 0 Å². The van der Waals surface area contributed by atoms with Crippen LogP contribution < -0.4 is 0 Å². The molecular formula is C9H13F6N. The summed E-state index contributed by atoms with van der Waals surface area (Å²) in [5.41, 5.74) is -1.84. The van der Waals surface area contributed by atoms with Gasteiger partial charge in [0.2, 0.25) is 0 Å². The summed E-state index contributed by atoms with van der Waals surface area (Å²) in [7, 11) is 0. The van der Waals surface area contributed by atoms with Crippen molar-refractivity contribution in [3.63, 3.8) is 0 Å². The van der Waals surface area contributed by atoms with Crippen molar-refractivity contribution in [2.45, 2.75) is 32.1 Å². The SMILES string of the molecule is CC1(C(F)(F)F)CCN(CC(F)(F)F)CC1. The predicted octanol–water partition coefficient (Wildman–Crippen LogP) is 3.21. The summed E-state index contributed by atoms with van der Waals surface area (Å²) in [6, 6.07) is 0. The summed E-state index contributed by atoms with van der Waals surface area (Å²) in [6.45, 7) is -0.371. The lowest BCUT2D eigenvalue weighted by atomic mass is 9.80. The molecule has 0 bridgehead atoms. The zero-order chi connectivity index (χ0) is 12.6. The lowest BCUT2D eigenvalue weighted by Gasteiger charge is -2.40. The monoisotopic (exact) mass is 249 g/mol. The van der Waals surface area contributed by atoms with Crippen molar-refractivity contribution < 1.29 is 26.3 Å². The highest BCUT2D eigenvalue weighted by atomic mass is 19.4. The second kappa shape index (κ2) is 4.09. The Balaban J connectivity index is 2.52. The molecule has 1 rings (SSSR count). The first-order chi connectivity index (χ1) is 7.04. The van der Waals surface area contributed by atoms with E-state index in [2.05, 4.69) is 0 Å². The van der Waals surface area contributed by atoms with Gasteiger partial charge in [-0.1, -0.05) is 6.92 Å². The van der Waals surface area contributed by atoms with Gasteiger partial charge in [0.25, 0.3) is 0 Å². The molecule has 1 aliphatic heterocycles. The number of nitrogens with zero attached hydrogens (tertiary/aromatic N) is 1. The first-order valence-corrected chi connectivity index (χ1v) is 4.89. The second-order valence-electron chi connectivity index (χ2n) is 4.45. The number of halogens is 6. The highest BCUT2D eigenvalue weighted by molar-refractivity contribution is 4.88. The molecule has 0 radical (unpaired) electrons. The highest BCUT2D eigenvalue weighted by Crippen LogP contribution is 2.45. The van der Waals surface area contributed by atoms with Crippen molar-refractivity contribution in [2.75, 3.05) is 19.6 Å². The molecule has 1 heterocycles. The van der Waals surface area contributed by atoms with Crippen LogP contribution in [0.1, 0.15) is 19.8 Å². The fourth-order valence-electron chi connectivity index (χ4n) is 1.74. The molecule has 0 N–H and O–H groups in total. The molecule has 0 aromatic rings. The Hall–Kier alpha value is -0.460. The van der Waals surface area contributed by atoms with Gasteiger partial charge in [-0.05, 0) is 25.9 Å². The van der Waals surface area contributed by atoms with Crippen LogP contribution in [-0.2, 0) is 0 Å². The average Bonchev–Trinajstić information content (AvgIpc) is 2.05. The van der Waals surface area contributed by atoms with Crippen molar-refractivity contribution in [1.82, 2.24) is 4.90 Å². The third kappa shape index (κ3) is 3.26. The number of likely N-dealkylation sites (tertiary alicyclic amines) is 1. The lowest BCUT2D eigenvalue weighted by molar-refractivity contribution is -0.234. The Bertz CT molecular complexity index is 235. The van der Waals surface area contributed by atoms with Gasteiger partial charge in [0.15, 0.2) is 0 Å². The molecule has 16 heavy (non-hydrogen) atoms. The quantitative estimate of drug-likeness (QED) is 0.645. The zero-order valence-electron chi connectivity index (χ0n) is 8.75. The van der Waals surface area contributed by atoms with Gasteiger partial charge < -0.3 is 0 Å². The minimum atomic E-state index is -4.34. The van der Waals surface area contributed by atoms with Gasteiger partial charge >= 0.3 is 12.4 Å². The van der Waals surface area contributed by atoms with Crippen LogP contribution in [0.5, 0.6) is 0 Å². The molecule has 0 aromatic carbocycles. The Kier molecular flexibility index (Phi) is 3.47. The summed E-state index contributed by atoms with van der Waals surface area (Å²) in [5.74, 6) is 0. The van der Waals surface area contributed by atoms with Crippen LogP contribution in [0.15, 0.2) is 0 Å². The second-order valence-corrected chi connectivity index (χ2v) is 4.45. The fraction of sp³-hybridized carbons (Fsp3) is 1.00. The van der Waals surface area contributed by atoms with Crippen LogP contribution in [0.4, 0.5) is 26.3 Å². The molecule has 1 aliphatic rings. The summed E-state index contributed by atoms with van der Waals surface area (Å²) in [4.78, 5) is 1.02. The minimum Gasteiger partial charge on any atom is -0.295 e. The number of piperidine rings is 1. The summed E-state index contributed by atoms with van der Waals surface area (Å²) in [5, 5.41) is 0. The number of hydrogen-bond donors (Lipinski definition) is 0. The van der Waals surface area contributed by atoms with E-state index in [1.165, 1.54) is 0 Å². The summed E-state index contributed by atoms with van der Waals surface area (Å²) >= 11 is 0. The van der Waals surface area contributed by atoms with Crippen LogP contribution >= 0.6 is 0 Å². The van der Waals surface area contributed by atoms with E-state index in [-0.39, 0.29) is 25.9 Å². The number of rotatable bonds is 1. The molecule has 1 nitrogen and oxygen atoms in total. The third-order valence-electron chi connectivity index (χ3n) is 3.05. The highest BCUT2D eigenvalue weighted by Gasteiger charge is 2.52. The number of hydrogen-bond acceptors (Lipinski definition) is 1. The van der Waals surface area contributed by atoms with E-state index >= 15 is 0 Å². The van der Waals surface area contributed by atoms with E-state index in [1.807, 2.05) is 0 Å². The van der Waals surface area contributed by atoms with E-state index in [9.17, 15) is 26.3 Å². The normalized spacial score (nSPS) is 23.4. The lowest BCUT2D eigenvalue weighted by Crippen LogP contribution is -2.48. The molecule has 0 spiro atoms. The van der Waals surface area contributed by atoms with E-state index in [0.717, 1.165) is 11.8 Å². The molecule has 0 aromatic heterocycles. The van der Waals surface area contributed by atoms with Crippen LogP contribution in [0.2, 0.25) is 0 Å². The molecule has 0 unspecified atom stereocenters. The Labute approximate surface area is 89.4 Å². The smallest absolute Gasteiger partial charge is 0.295 e. The molecule has 96 valence electrons. The summed E-state index contributed by atoms with van der Waals surface area (Å²) < 4.78 is 73.7. The van der Waals surface area contributed by atoms with E-state index in [1.54, 1.807) is 0 Å². The molecule has 1 fully saturated rings. The average molecular weight is 249 g/mol. The Morgan fingerprint density at radius 2 is 1.44 bits per heavy atom. The molecular weight excluding hydrogens is 236 g/mol. The van der Waals surface area contributed by atoms with E-state index < -0.39 is 24.3 Å². The topological polar surface area (TPSA) is 3.24 Å². The van der Waals surface area contributed by atoms with Crippen molar-refractivity contribution >= 4 is 0 Å². The zero-order valence-corrected chi connectivity index (χ0v) is 8.75. The number of alkyl halides is 6.